The molecule has 1 aromatic heterocycles. The van der Waals surface area contributed by atoms with Gasteiger partial charge in [-0.3, -0.25) is 9.36 Å². The first-order chi connectivity index (χ1) is 13.2. The number of nitrogens with one attached hydrogen (secondary N) is 1. The van der Waals surface area contributed by atoms with Crippen LogP contribution in [-0.2, 0) is 11.3 Å². The number of aromatic nitrogens is 1. The summed E-state index contributed by atoms with van der Waals surface area (Å²) in [6.45, 7) is 2.09. The number of hydrogen-bond acceptors (Lipinski definition) is 4. The summed E-state index contributed by atoms with van der Waals surface area (Å²) < 4.78 is 6.51. The lowest BCUT2D eigenvalue weighted by atomic mass is 10.2. The van der Waals surface area contributed by atoms with Crippen molar-refractivity contribution < 1.29 is 9.21 Å². The maximum absolute atomic E-state index is 12.4. The van der Waals surface area contributed by atoms with E-state index in [4.69, 9.17) is 4.42 Å². The Morgan fingerprint density at radius 2 is 1.67 bits per heavy atom. The summed E-state index contributed by atoms with van der Waals surface area (Å²) in [5.74, 6) is -0.783. The van der Waals surface area contributed by atoms with Crippen molar-refractivity contribution in [1.29, 1.82) is 0 Å². The van der Waals surface area contributed by atoms with Gasteiger partial charge in [-0.15, -0.1) is 0 Å². The number of amides is 1. The molecule has 3 aromatic rings. The van der Waals surface area contributed by atoms with Gasteiger partial charge in [-0.25, -0.2) is 4.79 Å². The average Bonchev–Trinajstić information content (AvgIpc) is 2.86. The summed E-state index contributed by atoms with van der Waals surface area (Å²) >= 11 is 0. The zero-order chi connectivity index (χ0) is 18.6. The Balaban J connectivity index is 1.43. The molecule has 1 amide bonds. The summed E-state index contributed by atoms with van der Waals surface area (Å²) in [5.41, 5.74) is 3.01. The summed E-state index contributed by atoms with van der Waals surface area (Å²) in [6.07, 6.45) is 5.05. The van der Waals surface area contributed by atoms with E-state index in [1.54, 1.807) is 18.2 Å². The highest BCUT2D eigenvalue weighted by molar-refractivity contribution is 5.91. The predicted octanol–water partition coefficient (Wildman–Crippen LogP) is 3.61. The number of carbonyl (C=O) groups is 1. The fourth-order valence-electron chi connectivity index (χ4n) is 3.59. The van der Waals surface area contributed by atoms with Crippen molar-refractivity contribution in [3.05, 3.63) is 59.1 Å². The summed E-state index contributed by atoms with van der Waals surface area (Å²) in [7, 11) is 0. The minimum absolute atomic E-state index is 0.0796. The highest BCUT2D eigenvalue weighted by atomic mass is 16.4. The molecule has 0 unspecified atom stereocenters. The van der Waals surface area contributed by atoms with Crippen LogP contribution in [0.25, 0.3) is 11.1 Å². The smallest absolute Gasteiger partial charge is 0.408 e. The molecule has 2 heterocycles. The molecule has 2 aromatic carbocycles. The number of para-hydroxylation sites is 2. The van der Waals surface area contributed by atoms with Gasteiger partial charge in [0.2, 0.25) is 5.91 Å². The molecule has 140 valence electrons. The van der Waals surface area contributed by atoms with E-state index in [0.29, 0.717) is 11.1 Å². The number of anilines is 2. The zero-order valence-corrected chi connectivity index (χ0v) is 15.2. The van der Waals surface area contributed by atoms with Gasteiger partial charge >= 0.3 is 5.76 Å². The Hall–Kier alpha value is -3.02. The van der Waals surface area contributed by atoms with E-state index >= 15 is 0 Å². The molecule has 1 saturated heterocycles. The lowest BCUT2D eigenvalue weighted by molar-refractivity contribution is -0.116. The molecular formula is C21H23N3O3. The van der Waals surface area contributed by atoms with Crippen molar-refractivity contribution >= 4 is 28.4 Å². The van der Waals surface area contributed by atoms with E-state index in [0.717, 1.165) is 18.8 Å². The Morgan fingerprint density at radius 3 is 2.41 bits per heavy atom. The number of oxazole rings is 1. The molecule has 6 nitrogen and oxygen atoms in total. The van der Waals surface area contributed by atoms with Crippen molar-refractivity contribution in [2.45, 2.75) is 32.2 Å². The van der Waals surface area contributed by atoms with Gasteiger partial charge in [-0.2, -0.15) is 0 Å². The maximum atomic E-state index is 12.4. The number of fused-ring (bicyclic) bond motifs is 1. The van der Waals surface area contributed by atoms with Gasteiger partial charge < -0.3 is 14.6 Å². The molecule has 1 N–H and O–H groups in total. The molecule has 0 bridgehead atoms. The molecule has 1 aliphatic heterocycles. The largest absolute Gasteiger partial charge is 0.420 e. The van der Waals surface area contributed by atoms with Crippen LogP contribution >= 0.6 is 0 Å². The molecule has 0 atom stereocenters. The third-order valence-corrected chi connectivity index (χ3v) is 5.00. The number of rotatable bonds is 4. The van der Waals surface area contributed by atoms with Crippen LogP contribution in [0.4, 0.5) is 11.4 Å². The van der Waals surface area contributed by atoms with Gasteiger partial charge in [0, 0.05) is 24.5 Å². The minimum atomic E-state index is -0.525. The lowest BCUT2D eigenvalue weighted by Crippen LogP contribution is -2.25. The van der Waals surface area contributed by atoms with Gasteiger partial charge in [0.25, 0.3) is 0 Å². The minimum Gasteiger partial charge on any atom is -0.408 e. The highest BCUT2D eigenvalue weighted by Crippen LogP contribution is 2.21. The normalized spacial score (nSPS) is 14.9. The van der Waals surface area contributed by atoms with Gasteiger partial charge in [0.1, 0.15) is 6.54 Å². The third-order valence-electron chi connectivity index (χ3n) is 5.00. The zero-order valence-electron chi connectivity index (χ0n) is 15.2. The van der Waals surface area contributed by atoms with Crippen LogP contribution in [0, 0.1) is 0 Å². The van der Waals surface area contributed by atoms with Crippen molar-refractivity contribution in [3.8, 4) is 0 Å². The van der Waals surface area contributed by atoms with Crippen LogP contribution in [0.15, 0.2) is 57.7 Å². The second kappa shape index (κ2) is 7.70. The maximum Gasteiger partial charge on any atom is 0.420 e. The van der Waals surface area contributed by atoms with Crippen LogP contribution < -0.4 is 16.0 Å². The molecule has 27 heavy (non-hydrogen) atoms. The second-order valence-corrected chi connectivity index (χ2v) is 6.92. The number of nitrogens with zero attached hydrogens (tertiary/aromatic N) is 2. The molecular weight excluding hydrogens is 342 g/mol. The summed E-state index contributed by atoms with van der Waals surface area (Å²) in [6, 6.07) is 15.0. The second-order valence-electron chi connectivity index (χ2n) is 6.92. The van der Waals surface area contributed by atoms with Crippen molar-refractivity contribution in [2.75, 3.05) is 23.3 Å². The standard InChI is InChI=1S/C21H23N3O3/c25-20(15-24-18-7-3-4-8-19(18)27-21(24)26)22-16-9-11-17(12-10-16)23-13-5-1-2-6-14-23/h3-4,7-12H,1-2,5-6,13-15H2,(H,22,25). The Morgan fingerprint density at radius 1 is 0.963 bits per heavy atom. The van der Waals surface area contributed by atoms with Crippen molar-refractivity contribution in [2.24, 2.45) is 0 Å². The first-order valence-corrected chi connectivity index (χ1v) is 9.44. The van der Waals surface area contributed by atoms with E-state index in [1.807, 2.05) is 30.3 Å². The van der Waals surface area contributed by atoms with Crippen LogP contribution in [0.1, 0.15) is 25.7 Å². The number of hydrogen-bond donors (Lipinski definition) is 1. The molecule has 0 spiro atoms. The third kappa shape index (κ3) is 3.89. The SMILES string of the molecule is O=C(Cn1c(=O)oc2ccccc21)Nc1ccc(N2CCCCCC2)cc1. The van der Waals surface area contributed by atoms with Crippen LogP contribution in [-0.4, -0.2) is 23.6 Å². The Bertz CT molecular complexity index is 980. The molecule has 1 aliphatic rings. The number of carbonyl (C=O) groups excluding carboxylic acids is 1. The van der Waals surface area contributed by atoms with Gasteiger partial charge in [-0.1, -0.05) is 25.0 Å². The topological polar surface area (TPSA) is 67.5 Å². The van der Waals surface area contributed by atoms with E-state index < -0.39 is 5.76 Å². The highest BCUT2D eigenvalue weighted by Gasteiger charge is 2.13. The van der Waals surface area contributed by atoms with Gasteiger partial charge in [0.15, 0.2) is 5.58 Å². The quantitative estimate of drug-likeness (QED) is 0.767. The first-order valence-electron chi connectivity index (χ1n) is 9.44. The van der Waals surface area contributed by atoms with Crippen LogP contribution in [0.5, 0.6) is 0 Å². The monoisotopic (exact) mass is 365 g/mol. The summed E-state index contributed by atoms with van der Waals surface area (Å²) in [5, 5.41) is 2.86. The summed E-state index contributed by atoms with van der Waals surface area (Å²) in [4.78, 5) is 26.8. The Labute approximate surface area is 157 Å². The molecule has 6 heteroatoms. The van der Waals surface area contributed by atoms with Crippen LogP contribution in [0.3, 0.4) is 0 Å². The molecule has 1 fully saturated rings. The van der Waals surface area contributed by atoms with Gasteiger partial charge in [0.05, 0.1) is 5.52 Å². The average molecular weight is 365 g/mol. The predicted molar refractivity (Wildman–Crippen MR) is 106 cm³/mol. The Kier molecular flexibility index (Phi) is 4.96. The van der Waals surface area contributed by atoms with E-state index in [1.165, 1.54) is 35.9 Å². The lowest BCUT2D eigenvalue weighted by Gasteiger charge is -2.22. The van der Waals surface area contributed by atoms with E-state index in [9.17, 15) is 9.59 Å². The van der Waals surface area contributed by atoms with E-state index in [2.05, 4.69) is 10.2 Å². The number of benzene rings is 2. The van der Waals surface area contributed by atoms with Gasteiger partial charge in [-0.05, 0) is 49.2 Å². The molecule has 0 aliphatic carbocycles. The van der Waals surface area contributed by atoms with Crippen molar-refractivity contribution in [1.82, 2.24) is 4.57 Å². The first kappa shape index (κ1) is 17.4. The molecule has 0 saturated carbocycles. The molecule has 0 radical (unpaired) electrons. The van der Waals surface area contributed by atoms with Crippen LogP contribution in [0.2, 0.25) is 0 Å². The fourth-order valence-corrected chi connectivity index (χ4v) is 3.59. The molecule has 4 rings (SSSR count). The van der Waals surface area contributed by atoms with E-state index in [-0.39, 0.29) is 12.5 Å². The van der Waals surface area contributed by atoms with Crippen molar-refractivity contribution in [3.63, 3.8) is 0 Å². The fraction of sp³-hybridized carbons (Fsp3) is 0.333.